The SMILES string of the molecule is CN(C)c1cc(C(=O)O)ccc1OC1CC1. The van der Waals surface area contributed by atoms with Crippen LogP contribution in [0, 0.1) is 0 Å². The van der Waals surface area contributed by atoms with Gasteiger partial charge in [-0.25, -0.2) is 4.79 Å². The molecule has 1 aromatic carbocycles. The Bertz CT molecular complexity index is 411. The van der Waals surface area contributed by atoms with Crippen molar-refractivity contribution in [2.75, 3.05) is 19.0 Å². The Kier molecular flexibility index (Phi) is 2.73. The lowest BCUT2D eigenvalue weighted by Crippen LogP contribution is -2.12. The van der Waals surface area contributed by atoms with Crippen LogP contribution in [0.5, 0.6) is 5.75 Å². The van der Waals surface area contributed by atoms with E-state index in [1.54, 1.807) is 18.2 Å². The van der Waals surface area contributed by atoms with Gasteiger partial charge in [-0.3, -0.25) is 0 Å². The minimum absolute atomic E-state index is 0.284. The van der Waals surface area contributed by atoms with E-state index in [9.17, 15) is 4.79 Å². The van der Waals surface area contributed by atoms with Crippen molar-refractivity contribution in [3.8, 4) is 5.75 Å². The maximum atomic E-state index is 10.9. The summed E-state index contributed by atoms with van der Waals surface area (Å²) in [5.41, 5.74) is 1.10. The number of carboxylic acids is 1. The topological polar surface area (TPSA) is 49.8 Å². The molecular weight excluding hydrogens is 206 g/mol. The fourth-order valence-corrected chi connectivity index (χ4v) is 1.47. The largest absolute Gasteiger partial charge is 0.488 e. The first-order valence-corrected chi connectivity index (χ1v) is 5.29. The number of nitrogens with zero attached hydrogens (tertiary/aromatic N) is 1. The zero-order chi connectivity index (χ0) is 11.7. The van der Waals surface area contributed by atoms with E-state index in [2.05, 4.69) is 0 Å². The van der Waals surface area contributed by atoms with E-state index in [4.69, 9.17) is 9.84 Å². The van der Waals surface area contributed by atoms with Gasteiger partial charge in [0, 0.05) is 14.1 Å². The second-order valence-electron chi connectivity index (χ2n) is 4.20. The molecule has 0 aliphatic heterocycles. The average Bonchev–Trinajstić information content (AvgIpc) is 3.01. The third kappa shape index (κ3) is 2.27. The van der Waals surface area contributed by atoms with Crippen LogP contribution in [0.1, 0.15) is 23.2 Å². The molecule has 0 saturated heterocycles. The van der Waals surface area contributed by atoms with Crippen molar-refractivity contribution in [3.05, 3.63) is 23.8 Å². The summed E-state index contributed by atoms with van der Waals surface area (Å²) < 4.78 is 5.72. The summed E-state index contributed by atoms with van der Waals surface area (Å²) in [6.45, 7) is 0. The van der Waals surface area contributed by atoms with Gasteiger partial charge < -0.3 is 14.7 Å². The van der Waals surface area contributed by atoms with E-state index < -0.39 is 5.97 Å². The molecule has 0 spiro atoms. The average molecular weight is 221 g/mol. The second kappa shape index (κ2) is 4.04. The lowest BCUT2D eigenvalue weighted by Gasteiger charge is -2.18. The van der Waals surface area contributed by atoms with Crippen LogP contribution in [0.15, 0.2) is 18.2 Å². The van der Waals surface area contributed by atoms with Crippen LogP contribution in [0.2, 0.25) is 0 Å². The maximum Gasteiger partial charge on any atom is 0.335 e. The molecule has 16 heavy (non-hydrogen) atoms. The summed E-state index contributed by atoms with van der Waals surface area (Å²) in [7, 11) is 3.75. The maximum absolute atomic E-state index is 10.9. The van der Waals surface area contributed by atoms with Crippen LogP contribution >= 0.6 is 0 Å². The van der Waals surface area contributed by atoms with Crippen molar-refractivity contribution in [2.24, 2.45) is 0 Å². The molecule has 0 bridgehead atoms. The Morgan fingerprint density at radius 1 is 1.44 bits per heavy atom. The Hall–Kier alpha value is -1.71. The van der Waals surface area contributed by atoms with E-state index in [0.717, 1.165) is 24.3 Å². The molecule has 1 N–H and O–H groups in total. The van der Waals surface area contributed by atoms with Crippen LogP contribution in [-0.2, 0) is 0 Å². The fraction of sp³-hybridized carbons (Fsp3) is 0.417. The van der Waals surface area contributed by atoms with Gasteiger partial charge in [-0.2, -0.15) is 0 Å². The van der Waals surface area contributed by atoms with Crippen LogP contribution in [0.25, 0.3) is 0 Å². The van der Waals surface area contributed by atoms with Gasteiger partial charge in [0.15, 0.2) is 0 Å². The molecule has 0 amide bonds. The number of carbonyl (C=O) groups is 1. The molecule has 86 valence electrons. The van der Waals surface area contributed by atoms with Gasteiger partial charge in [0.25, 0.3) is 0 Å². The van der Waals surface area contributed by atoms with E-state index in [0.29, 0.717) is 6.10 Å². The van der Waals surface area contributed by atoms with Crippen molar-refractivity contribution >= 4 is 11.7 Å². The number of aromatic carboxylic acids is 1. The Morgan fingerprint density at radius 2 is 2.12 bits per heavy atom. The van der Waals surface area contributed by atoms with Gasteiger partial charge >= 0.3 is 5.97 Å². The van der Waals surface area contributed by atoms with Crippen LogP contribution in [0.3, 0.4) is 0 Å². The molecule has 0 atom stereocenters. The summed E-state index contributed by atoms with van der Waals surface area (Å²) in [4.78, 5) is 12.7. The Morgan fingerprint density at radius 3 is 2.62 bits per heavy atom. The number of rotatable bonds is 4. The standard InChI is InChI=1S/C12H15NO3/c1-13(2)10-7-8(12(14)15)3-6-11(10)16-9-4-5-9/h3,6-7,9H,4-5H2,1-2H3,(H,14,15). The van der Waals surface area contributed by atoms with Gasteiger partial charge in [-0.05, 0) is 31.0 Å². The highest BCUT2D eigenvalue weighted by Gasteiger charge is 2.25. The molecule has 1 aromatic rings. The van der Waals surface area contributed by atoms with Crippen LogP contribution in [-0.4, -0.2) is 31.3 Å². The first-order chi connectivity index (χ1) is 7.58. The predicted molar refractivity (Wildman–Crippen MR) is 61.4 cm³/mol. The minimum atomic E-state index is -0.916. The van der Waals surface area contributed by atoms with Crippen molar-refractivity contribution in [3.63, 3.8) is 0 Å². The summed E-state index contributed by atoms with van der Waals surface area (Å²) in [6.07, 6.45) is 2.50. The molecule has 1 aliphatic rings. The quantitative estimate of drug-likeness (QED) is 0.844. The van der Waals surface area contributed by atoms with E-state index in [1.807, 2.05) is 19.0 Å². The highest BCUT2D eigenvalue weighted by molar-refractivity contribution is 5.89. The predicted octanol–water partition coefficient (Wildman–Crippen LogP) is 1.99. The summed E-state index contributed by atoms with van der Waals surface area (Å²) in [5.74, 6) is -0.154. The van der Waals surface area contributed by atoms with Crippen LogP contribution in [0.4, 0.5) is 5.69 Å². The van der Waals surface area contributed by atoms with Crippen molar-refractivity contribution < 1.29 is 14.6 Å². The molecule has 0 unspecified atom stereocenters. The normalized spacial score (nSPS) is 14.6. The number of hydrogen-bond acceptors (Lipinski definition) is 3. The zero-order valence-corrected chi connectivity index (χ0v) is 9.43. The Labute approximate surface area is 94.4 Å². The molecule has 1 aliphatic carbocycles. The molecule has 4 heteroatoms. The first-order valence-electron chi connectivity index (χ1n) is 5.29. The van der Waals surface area contributed by atoms with Gasteiger partial charge in [-0.1, -0.05) is 0 Å². The number of benzene rings is 1. The summed E-state index contributed by atoms with van der Waals surface area (Å²) in [5, 5.41) is 8.92. The lowest BCUT2D eigenvalue weighted by atomic mass is 10.2. The first kappa shape index (κ1) is 10.8. The van der Waals surface area contributed by atoms with E-state index in [-0.39, 0.29) is 5.56 Å². The molecule has 0 heterocycles. The molecule has 1 fully saturated rings. The summed E-state index contributed by atoms with van der Waals surface area (Å²) >= 11 is 0. The van der Waals surface area contributed by atoms with Gasteiger partial charge in [0.1, 0.15) is 5.75 Å². The summed E-state index contributed by atoms with van der Waals surface area (Å²) in [6, 6.07) is 4.95. The van der Waals surface area contributed by atoms with Gasteiger partial charge in [0.2, 0.25) is 0 Å². The van der Waals surface area contributed by atoms with Crippen molar-refractivity contribution in [1.82, 2.24) is 0 Å². The number of ether oxygens (including phenoxy) is 1. The molecular formula is C12H15NO3. The zero-order valence-electron chi connectivity index (χ0n) is 9.43. The fourth-order valence-electron chi connectivity index (χ4n) is 1.47. The second-order valence-corrected chi connectivity index (χ2v) is 4.20. The third-order valence-electron chi connectivity index (χ3n) is 2.51. The van der Waals surface area contributed by atoms with Crippen molar-refractivity contribution in [2.45, 2.75) is 18.9 Å². The molecule has 0 aromatic heterocycles. The number of hydrogen-bond donors (Lipinski definition) is 1. The van der Waals surface area contributed by atoms with Gasteiger partial charge in [-0.15, -0.1) is 0 Å². The van der Waals surface area contributed by atoms with Crippen LogP contribution < -0.4 is 9.64 Å². The highest BCUT2D eigenvalue weighted by atomic mass is 16.5. The highest BCUT2D eigenvalue weighted by Crippen LogP contribution is 2.34. The number of carboxylic acid groups (broad SMARTS) is 1. The third-order valence-corrected chi connectivity index (χ3v) is 2.51. The monoisotopic (exact) mass is 221 g/mol. The molecule has 2 rings (SSSR count). The minimum Gasteiger partial charge on any atom is -0.488 e. The smallest absolute Gasteiger partial charge is 0.335 e. The molecule has 0 radical (unpaired) electrons. The Balaban J connectivity index is 2.31. The van der Waals surface area contributed by atoms with Gasteiger partial charge in [0.05, 0.1) is 17.4 Å². The molecule has 4 nitrogen and oxygen atoms in total. The lowest BCUT2D eigenvalue weighted by molar-refractivity contribution is 0.0697. The van der Waals surface area contributed by atoms with E-state index >= 15 is 0 Å². The number of anilines is 1. The van der Waals surface area contributed by atoms with Crippen molar-refractivity contribution in [1.29, 1.82) is 0 Å². The molecule has 1 saturated carbocycles. The van der Waals surface area contributed by atoms with E-state index in [1.165, 1.54) is 0 Å².